The largest absolute Gasteiger partial charge is 0.355 e. The number of H-pyrrole nitrogens is 1. The topological polar surface area (TPSA) is 106 Å². The van der Waals surface area contributed by atoms with Crippen LogP contribution in [0.1, 0.15) is 17.5 Å². The van der Waals surface area contributed by atoms with Gasteiger partial charge in [-0.2, -0.15) is 10.4 Å². The number of hydrogen-bond acceptors (Lipinski definition) is 7. The summed E-state index contributed by atoms with van der Waals surface area (Å²) in [4.78, 5) is 25.7. The van der Waals surface area contributed by atoms with Crippen LogP contribution in [0.3, 0.4) is 0 Å². The molecular weight excluding hydrogens is 496 g/mol. The van der Waals surface area contributed by atoms with Gasteiger partial charge >= 0.3 is 0 Å². The van der Waals surface area contributed by atoms with Crippen molar-refractivity contribution < 1.29 is 4.79 Å². The van der Waals surface area contributed by atoms with Gasteiger partial charge in [-0.15, -0.1) is 11.3 Å². The summed E-state index contributed by atoms with van der Waals surface area (Å²) in [5.41, 5.74) is 6.00. The third kappa shape index (κ3) is 3.28. The Morgan fingerprint density at radius 2 is 2.18 bits per heavy atom. The summed E-state index contributed by atoms with van der Waals surface area (Å²) in [5.74, 6) is 0.657. The third-order valence-corrected chi connectivity index (χ3v) is 8.68. The van der Waals surface area contributed by atoms with E-state index in [1.54, 1.807) is 17.5 Å². The number of thiazole rings is 1. The summed E-state index contributed by atoms with van der Waals surface area (Å²) in [6, 6.07) is 8.62. The molecule has 2 fully saturated rings. The molecule has 6 heterocycles. The molecule has 2 saturated heterocycles. The molecule has 0 saturated carbocycles. The van der Waals surface area contributed by atoms with Crippen LogP contribution in [0.25, 0.3) is 38.4 Å². The molecule has 9 nitrogen and oxygen atoms in total. The standard InChI is InChI=1S/C28H24N8OS/c1-3-23(37)35-15-28(16-35)6-8-34(14-28)26-19(11-29)25(24-17(2)4-5-21-20(24)12-31-33-21)36-13-18(10-22(36)32-26)27-30-7-9-38-27/h3-5,7,9-10,12-13H,1,6,8,14-16H2,2H3,(H,31,33). The number of anilines is 1. The molecule has 10 heteroatoms. The van der Waals surface area contributed by atoms with Crippen LogP contribution in [-0.4, -0.2) is 61.6 Å². The molecule has 0 bridgehead atoms. The van der Waals surface area contributed by atoms with E-state index in [0.717, 1.165) is 63.5 Å². The van der Waals surface area contributed by atoms with Crippen molar-refractivity contribution in [1.82, 2.24) is 29.5 Å². The third-order valence-electron chi connectivity index (χ3n) is 7.86. The average Bonchev–Trinajstić information content (AvgIpc) is 3.71. The fourth-order valence-corrected chi connectivity index (χ4v) is 6.65. The van der Waals surface area contributed by atoms with Gasteiger partial charge in [-0.3, -0.25) is 14.3 Å². The van der Waals surface area contributed by atoms with Crippen molar-refractivity contribution >= 4 is 39.6 Å². The fourth-order valence-electron chi connectivity index (χ4n) is 6.03. The van der Waals surface area contributed by atoms with Gasteiger partial charge in [-0.05, 0) is 37.1 Å². The number of nitrogens with zero attached hydrogens (tertiary/aromatic N) is 7. The molecule has 1 amide bonds. The van der Waals surface area contributed by atoms with Crippen LogP contribution in [-0.2, 0) is 4.79 Å². The van der Waals surface area contributed by atoms with E-state index in [0.29, 0.717) is 24.5 Å². The number of aromatic amines is 1. The number of likely N-dealkylation sites (tertiary alicyclic amines) is 1. The molecule has 5 aromatic rings. The molecule has 1 aromatic carbocycles. The van der Waals surface area contributed by atoms with Crippen LogP contribution in [0.4, 0.5) is 5.82 Å². The Balaban J connectivity index is 1.42. The van der Waals surface area contributed by atoms with Crippen molar-refractivity contribution in [2.24, 2.45) is 5.41 Å². The molecular formula is C28H24N8OS. The van der Waals surface area contributed by atoms with E-state index in [2.05, 4.69) is 45.7 Å². The number of fused-ring (bicyclic) bond motifs is 2. The molecule has 188 valence electrons. The first-order valence-corrected chi connectivity index (χ1v) is 13.3. The van der Waals surface area contributed by atoms with E-state index in [-0.39, 0.29) is 11.3 Å². The zero-order chi connectivity index (χ0) is 26.0. The molecule has 2 aliphatic rings. The molecule has 4 aromatic heterocycles. The highest BCUT2D eigenvalue weighted by molar-refractivity contribution is 7.13. The number of aromatic nitrogens is 5. The van der Waals surface area contributed by atoms with Crippen molar-refractivity contribution in [2.75, 3.05) is 31.1 Å². The predicted molar refractivity (Wildman–Crippen MR) is 147 cm³/mol. The molecule has 1 spiro atoms. The lowest BCUT2D eigenvalue weighted by molar-refractivity contribution is -0.136. The highest BCUT2D eigenvalue weighted by Crippen LogP contribution is 2.44. The Hall–Kier alpha value is -4.49. The number of benzene rings is 1. The molecule has 0 aliphatic carbocycles. The Morgan fingerprint density at radius 3 is 2.95 bits per heavy atom. The molecule has 38 heavy (non-hydrogen) atoms. The van der Waals surface area contributed by atoms with Crippen LogP contribution in [0.5, 0.6) is 0 Å². The van der Waals surface area contributed by atoms with Crippen LogP contribution < -0.4 is 4.90 Å². The van der Waals surface area contributed by atoms with Crippen LogP contribution in [0, 0.1) is 23.7 Å². The van der Waals surface area contributed by atoms with Gasteiger partial charge in [0.2, 0.25) is 5.91 Å². The number of nitrogens with one attached hydrogen (secondary N) is 1. The smallest absolute Gasteiger partial charge is 0.245 e. The van der Waals surface area contributed by atoms with E-state index < -0.39 is 0 Å². The second-order valence-electron chi connectivity index (χ2n) is 10.2. The molecule has 1 N–H and O–H groups in total. The lowest BCUT2D eigenvalue weighted by Crippen LogP contribution is -2.59. The predicted octanol–water partition coefficient (Wildman–Crippen LogP) is 4.41. The number of rotatable bonds is 4. The number of carbonyl (C=O) groups excluding carboxylic acids is 1. The van der Waals surface area contributed by atoms with E-state index >= 15 is 0 Å². The second kappa shape index (κ2) is 8.26. The Kier molecular flexibility index (Phi) is 4.93. The van der Waals surface area contributed by atoms with Crippen molar-refractivity contribution in [3.63, 3.8) is 0 Å². The summed E-state index contributed by atoms with van der Waals surface area (Å²) < 4.78 is 2.02. The zero-order valence-electron chi connectivity index (χ0n) is 20.8. The SMILES string of the molecule is C=CC(=O)N1CC2(CCN(c3nc4cc(-c5nccs5)cn4c(-c4c(C)ccc5[nH]ncc45)c3C#N)C2)C1. The normalized spacial score (nSPS) is 16.3. The summed E-state index contributed by atoms with van der Waals surface area (Å²) in [5, 5.41) is 21.8. The van der Waals surface area contributed by atoms with Crippen molar-refractivity contribution in [2.45, 2.75) is 13.3 Å². The Bertz CT molecular complexity index is 1790. The van der Waals surface area contributed by atoms with Crippen LogP contribution in [0.2, 0.25) is 0 Å². The Labute approximate surface area is 222 Å². The van der Waals surface area contributed by atoms with Crippen LogP contribution in [0.15, 0.2) is 54.8 Å². The maximum atomic E-state index is 12.1. The monoisotopic (exact) mass is 520 g/mol. The maximum Gasteiger partial charge on any atom is 0.245 e. The average molecular weight is 521 g/mol. The van der Waals surface area contributed by atoms with Gasteiger partial charge in [0, 0.05) is 65.9 Å². The van der Waals surface area contributed by atoms with E-state index in [1.807, 2.05) is 39.2 Å². The maximum absolute atomic E-state index is 12.1. The molecule has 2 aliphatic heterocycles. The van der Waals surface area contributed by atoms with Crippen molar-refractivity contribution in [3.05, 3.63) is 66.0 Å². The zero-order valence-corrected chi connectivity index (χ0v) is 21.6. The second-order valence-corrected chi connectivity index (χ2v) is 11.1. The fraction of sp³-hybridized carbons (Fsp3) is 0.250. The van der Waals surface area contributed by atoms with E-state index in [1.165, 1.54) is 6.08 Å². The molecule has 0 atom stereocenters. The first kappa shape index (κ1) is 22.7. The van der Waals surface area contributed by atoms with Gasteiger partial charge in [-0.1, -0.05) is 12.6 Å². The minimum Gasteiger partial charge on any atom is -0.355 e. The van der Waals surface area contributed by atoms with Gasteiger partial charge in [0.15, 0.2) is 5.82 Å². The summed E-state index contributed by atoms with van der Waals surface area (Å²) >= 11 is 1.57. The van der Waals surface area contributed by atoms with Gasteiger partial charge in [0.05, 0.1) is 17.4 Å². The number of nitriles is 1. The number of carbonyl (C=O) groups is 1. The molecule has 7 rings (SSSR count). The number of amides is 1. The highest BCUT2D eigenvalue weighted by Gasteiger charge is 2.49. The highest BCUT2D eigenvalue weighted by atomic mass is 32.1. The summed E-state index contributed by atoms with van der Waals surface area (Å²) in [7, 11) is 0. The number of aryl methyl sites for hydroxylation is 1. The lowest BCUT2D eigenvalue weighted by Gasteiger charge is -2.47. The van der Waals surface area contributed by atoms with Gasteiger partial charge in [0.25, 0.3) is 0 Å². The van der Waals surface area contributed by atoms with Gasteiger partial charge < -0.3 is 9.80 Å². The molecule has 0 unspecified atom stereocenters. The Morgan fingerprint density at radius 1 is 1.32 bits per heavy atom. The summed E-state index contributed by atoms with van der Waals surface area (Å²) in [6.07, 6.45) is 7.96. The lowest BCUT2D eigenvalue weighted by atomic mass is 9.79. The first-order valence-electron chi connectivity index (χ1n) is 12.5. The number of hydrogen-bond donors (Lipinski definition) is 1. The van der Waals surface area contributed by atoms with Crippen molar-refractivity contribution in [3.8, 4) is 27.9 Å². The molecule has 0 radical (unpaired) electrons. The van der Waals surface area contributed by atoms with E-state index in [9.17, 15) is 10.1 Å². The quantitative estimate of drug-likeness (QED) is 0.352. The van der Waals surface area contributed by atoms with E-state index in [4.69, 9.17) is 4.98 Å². The minimum absolute atomic E-state index is 0.0217. The van der Waals surface area contributed by atoms with Crippen LogP contribution >= 0.6 is 11.3 Å². The minimum atomic E-state index is -0.0276. The van der Waals surface area contributed by atoms with Gasteiger partial charge in [-0.25, -0.2) is 9.97 Å². The van der Waals surface area contributed by atoms with Crippen molar-refractivity contribution in [1.29, 1.82) is 5.26 Å². The first-order chi connectivity index (χ1) is 18.5. The summed E-state index contributed by atoms with van der Waals surface area (Å²) in [6.45, 7) is 8.62. The van der Waals surface area contributed by atoms with Gasteiger partial charge in [0.1, 0.15) is 22.3 Å².